The number of carbonyl (C=O) groups excluding carboxylic acids is 1. The van der Waals surface area contributed by atoms with Gasteiger partial charge in [-0.25, -0.2) is 18.4 Å². The first-order valence-electron chi connectivity index (χ1n) is 9.40. The van der Waals surface area contributed by atoms with Crippen molar-refractivity contribution in [3.8, 4) is 0 Å². The summed E-state index contributed by atoms with van der Waals surface area (Å²) >= 11 is 1.55. The lowest BCUT2D eigenvalue weighted by atomic mass is 9.89. The van der Waals surface area contributed by atoms with Crippen molar-refractivity contribution < 1.29 is 13.6 Å². The molecule has 0 saturated carbocycles. The summed E-state index contributed by atoms with van der Waals surface area (Å²) in [6.45, 7) is 5.16. The maximum atomic E-state index is 13.1. The van der Waals surface area contributed by atoms with Crippen molar-refractivity contribution in [2.24, 2.45) is 5.92 Å². The fourth-order valence-corrected chi connectivity index (χ4v) is 5.14. The Morgan fingerprint density at radius 1 is 1.41 bits per heavy atom. The Bertz CT molecular complexity index is 1160. The molecule has 3 aromatic heterocycles. The van der Waals surface area contributed by atoms with Crippen molar-refractivity contribution in [2.75, 3.05) is 5.43 Å². The first-order chi connectivity index (χ1) is 13.7. The predicted molar refractivity (Wildman–Crippen MR) is 106 cm³/mol. The standard InChI is InChI=1S/C19H21F2N5O2S/c1-9-4-5-12-14(6-9)29-18-16(12)19(28)26(11(3)22-18)24-15(27)8-25-10(2)7-13(23-25)17(20)21/h7,9,17H,4-6,8H2,1-3H3,(H,24,27). The van der Waals surface area contributed by atoms with E-state index in [4.69, 9.17) is 0 Å². The van der Waals surface area contributed by atoms with E-state index in [1.165, 1.54) is 15.6 Å². The third-order valence-electron chi connectivity index (χ3n) is 5.25. The van der Waals surface area contributed by atoms with Crippen LogP contribution in [-0.4, -0.2) is 25.3 Å². The van der Waals surface area contributed by atoms with Crippen LogP contribution >= 0.6 is 11.3 Å². The summed E-state index contributed by atoms with van der Waals surface area (Å²) in [6, 6.07) is 1.24. The van der Waals surface area contributed by atoms with Gasteiger partial charge in [-0.3, -0.25) is 19.7 Å². The Morgan fingerprint density at radius 2 is 2.17 bits per heavy atom. The third kappa shape index (κ3) is 3.57. The molecule has 0 aliphatic heterocycles. The lowest BCUT2D eigenvalue weighted by Gasteiger charge is -2.17. The fourth-order valence-electron chi connectivity index (χ4n) is 3.72. The van der Waals surface area contributed by atoms with Crippen LogP contribution in [0, 0.1) is 19.8 Å². The Kier molecular flexibility index (Phi) is 4.97. The summed E-state index contributed by atoms with van der Waals surface area (Å²) in [7, 11) is 0. The van der Waals surface area contributed by atoms with E-state index in [1.54, 1.807) is 25.2 Å². The van der Waals surface area contributed by atoms with Crippen molar-refractivity contribution >= 4 is 27.5 Å². The number of fused-ring (bicyclic) bond motifs is 3. The maximum absolute atomic E-state index is 13.1. The van der Waals surface area contributed by atoms with E-state index in [0.717, 1.165) is 29.5 Å². The molecule has 0 fully saturated rings. The molecule has 0 spiro atoms. The van der Waals surface area contributed by atoms with Crippen molar-refractivity contribution in [3.05, 3.63) is 44.1 Å². The van der Waals surface area contributed by atoms with Crippen LogP contribution < -0.4 is 11.0 Å². The molecule has 1 amide bonds. The Hall–Kier alpha value is -2.62. The molecule has 3 aromatic rings. The first-order valence-corrected chi connectivity index (χ1v) is 10.2. The Labute approximate surface area is 169 Å². The van der Waals surface area contributed by atoms with Gasteiger partial charge in [-0.15, -0.1) is 11.3 Å². The Balaban J connectivity index is 1.64. The van der Waals surface area contributed by atoms with Crippen LogP contribution in [-0.2, 0) is 24.2 Å². The maximum Gasteiger partial charge on any atom is 0.282 e. The van der Waals surface area contributed by atoms with Gasteiger partial charge in [0.05, 0.1) is 5.39 Å². The average Bonchev–Trinajstić information content (AvgIpc) is 3.18. The minimum Gasteiger partial charge on any atom is -0.271 e. The highest BCUT2D eigenvalue weighted by atomic mass is 32.1. The summed E-state index contributed by atoms with van der Waals surface area (Å²) in [4.78, 5) is 32.0. The smallest absolute Gasteiger partial charge is 0.271 e. The molecule has 154 valence electrons. The molecule has 7 nitrogen and oxygen atoms in total. The second-order valence-corrected chi connectivity index (χ2v) is 8.62. The van der Waals surface area contributed by atoms with Gasteiger partial charge >= 0.3 is 0 Å². The highest BCUT2D eigenvalue weighted by molar-refractivity contribution is 7.18. The molecule has 29 heavy (non-hydrogen) atoms. The lowest BCUT2D eigenvalue weighted by Crippen LogP contribution is -2.37. The number of nitrogens with one attached hydrogen (secondary N) is 1. The van der Waals surface area contributed by atoms with E-state index in [-0.39, 0.29) is 17.8 Å². The van der Waals surface area contributed by atoms with E-state index in [2.05, 4.69) is 22.4 Å². The number of thiophene rings is 1. The van der Waals surface area contributed by atoms with Crippen LogP contribution in [0.3, 0.4) is 0 Å². The molecule has 0 bridgehead atoms. The van der Waals surface area contributed by atoms with Gasteiger partial charge in [-0.05, 0) is 50.7 Å². The molecule has 1 aliphatic rings. The summed E-state index contributed by atoms with van der Waals surface area (Å²) in [5.74, 6) is 0.406. The molecular formula is C19H21F2N5O2S. The van der Waals surface area contributed by atoms with Gasteiger partial charge in [0, 0.05) is 10.6 Å². The molecule has 3 heterocycles. The normalized spacial score (nSPS) is 16.4. The van der Waals surface area contributed by atoms with Crippen LogP contribution in [0.4, 0.5) is 8.78 Å². The second-order valence-electron chi connectivity index (χ2n) is 7.54. The molecular weight excluding hydrogens is 400 g/mol. The molecule has 0 saturated heterocycles. The summed E-state index contributed by atoms with van der Waals surface area (Å²) in [5, 5.41) is 4.31. The van der Waals surface area contributed by atoms with E-state index >= 15 is 0 Å². The van der Waals surface area contributed by atoms with Crippen LogP contribution in [0.1, 0.15) is 47.4 Å². The largest absolute Gasteiger partial charge is 0.282 e. The van der Waals surface area contributed by atoms with E-state index < -0.39 is 12.3 Å². The molecule has 4 rings (SSSR count). The summed E-state index contributed by atoms with van der Waals surface area (Å²) in [6.07, 6.45) is 0.0744. The minimum absolute atomic E-state index is 0.276. The molecule has 1 unspecified atom stereocenters. The van der Waals surface area contributed by atoms with Crippen LogP contribution in [0.25, 0.3) is 10.2 Å². The van der Waals surface area contributed by atoms with Gasteiger partial charge in [0.1, 0.15) is 22.9 Å². The number of rotatable bonds is 4. The Morgan fingerprint density at radius 3 is 2.86 bits per heavy atom. The zero-order valence-corrected chi connectivity index (χ0v) is 17.1. The average molecular weight is 421 g/mol. The van der Waals surface area contributed by atoms with Crippen molar-refractivity contribution in [3.63, 3.8) is 0 Å². The monoisotopic (exact) mass is 421 g/mol. The van der Waals surface area contributed by atoms with Gasteiger partial charge < -0.3 is 0 Å². The van der Waals surface area contributed by atoms with Crippen molar-refractivity contribution in [1.82, 2.24) is 19.4 Å². The van der Waals surface area contributed by atoms with Gasteiger partial charge in [-0.1, -0.05) is 6.92 Å². The van der Waals surface area contributed by atoms with E-state index in [9.17, 15) is 18.4 Å². The molecule has 1 atom stereocenters. The SMILES string of the molecule is Cc1cc(C(F)F)nn1CC(=O)Nn1c(C)nc2sc3c(c2c1=O)CCC(C)C3. The van der Waals surface area contributed by atoms with E-state index in [0.29, 0.717) is 27.7 Å². The third-order valence-corrected chi connectivity index (χ3v) is 6.40. The first kappa shape index (κ1) is 19.7. The van der Waals surface area contributed by atoms with Gasteiger partial charge in [-0.2, -0.15) is 5.10 Å². The number of aromatic nitrogens is 4. The summed E-state index contributed by atoms with van der Waals surface area (Å²) in [5.41, 5.74) is 3.33. The van der Waals surface area contributed by atoms with Gasteiger partial charge in [0.25, 0.3) is 17.9 Å². The lowest BCUT2D eigenvalue weighted by molar-refractivity contribution is -0.117. The molecule has 1 N–H and O–H groups in total. The molecule has 10 heteroatoms. The number of halogens is 2. The number of hydrogen-bond donors (Lipinski definition) is 1. The van der Waals surface area contributed by atoms with Crippen molar-refractivity contribution in [1.29, 1.82) is 0 Å². The highest BCUT2D eigenvalue weighted by Crippen LogP contribution is 2.35. The van der Waals surface area contributed by atoms with Crippen LogP contribution in [0.2, 0.25) is 0 Å². The van der Waals surface area contributed by atoms with Crippen molar-refractivity contribution in [2.45, 2.75) is 53.0 Å². The highest BCUT2D eigenvalue weighted by Gasteiger charge is 2.24. The zero-order chi connectivity index (χ0) is 20.9. The summed E-state index contributed by atoms with van der Waals surface area (Å²) < 4.78 is 27.9. The number of aryl methyl sites for hydroxylation is 3. The molecule has 0 radical (unpaired) electrons. The predicted octanol–water partition coefficient (Wildman–Crippen LogP) is 3.10. The number of nitrogens with zero attached hydrogens (tertiary/aromatic N) is 4. The van der Waals surface area contributed by atoms with Crippen LogP contribution in [0.15, 0.2) is 10.9 Å². The quantitative estimate of drug-likeness (QED) is 0.702. The van der Waals surface area contributed by atoms with Gasteiger partial charge in [0.15, 0.2) is 0 Å². The number of alkyl halides is 2. The second kappa shape index (κ2) is 7.33. The molecule has 1 aliphatic carbocycles. The number of carbonyl (C=O) groups is 1. The zero-order valence-electron chi connectivity index (χ0n) is 16.3. The molecule has 0 aromatic carbocycles. The minimum atomic E-state index is -2.71. The van der Waals surface area contributed by atoms with E-state index in [1.807, 2.05) is 0 Å². The van der Waals surface area contributed by atoms with Crippen LogP contribution in [0.5, 0.6) is 0 Å². The fraction of sp³-hybridized carbons (Fsp3) is 0.474. The topological polar surface area (TPSA) is 81.8 Å². The van der Waals surface area contributed by atoms with Gasteiger partial charge in [0.2, 0.25) is 0 Å². The number of amides is 1. The number of hydrogen-bond acceptors (Lipinski definition) is 5.